The van der Waals surface area contributed by atoms with Crippen molar-refractivity contribution in [2.24, 2.45) is 5.41 Å². The van der Waals surface area contributed by atoms with Crippen LogP contribution in [0.5, 0.6) is 5.75 Å². The van der Waals surface area contributed by atoms with E-state index in [1.54, 1.807) is 7.11 Å². The summed E-state index contributed by atoms with van der Waals surface area (Å²) >= 11 is 3.48. The van der Waals surface area contributed by atoms with Crippen LogP contribution in [-0.2, 0) is 9.59 Å². The van der Waals surface area contributed by atoms with Gasteiger partial charge in [0, 0.05) is 30.0 Å². The first kappa shape index (κ1) is 16.2. The molecule has 5 heteroatoms. The molecule has 23 heavy (non-hydrogen) atoms. The second kappa shape index (κ2) is 5.78. The van der Waals surface area contributed by atoms with Crippen molar-refractivity contribution in [1.29, 1.82) is 0 Å². The van der Waals surface area contributed by atoms with Gasteiger partial charge in [0.05, 0.1) is 11.6 Å². The van der Waals surface area contributed by atoms with Crippen LogP contribution in [0.15, 0.2) is 33.9 Å². The number of carbonyl (C=O) groups is 2. The number of benzene rings is 1. The van der Waals surface area contributed by atoms with Gasteiger partial charge in [-0.25, -0.2) is 0 Å². The van der Waals surface area contributed by atoms with Crippen LogP contribution in [0.25, 0.3) is 0 Å². The lowest BCUT2D eigenvalue weighted by Crippen LogP contribution is -2.40. The Balaban J connectivity index is 2.06. The largest absolute Gasteiger partial charge is 0.496 e. The van der Waals surface area contributed by atoms with Crippen molar-refractivity contribution < 1.29 is 14.3 Å². The summed E-state index contributed by atoms with van der Waals surface area (Å²) in [4.78, 5) is 24.8. The van der Waals surface area contributed by atoms with Crippen molar-refractivity contribution in [2.45, 2.75) is 39.0 Å². The number of hydrogen-bond donors (Lipinski definition) is 1. The number of halogens is 1. The monoisotopic (exact) mass is 377 g/mol. The molecule has 1 aliphatic heterocycles. The molecule has 1 heterocycles. The minimum absolute atomic E-state index is 0.0220. The normalized spacial score (nSPS) is 23.4. The SMILES string of the molecule is COc1ccc(C2CC(=O)NC3=C2C(=O)CC(C)(C)C3)cc1Br. The molecule has 0 bridgehead atoms. The summed E-state index contributed by atoms with van der Waals surface area (Å²) in [5.41, 5.74) is 2.44. The fourth-order valence-electron chi connectivity index (χ4n) is 3.54. The fraction of sp³-hybridized carbons (Fsp3) is 0.444. The molecular weight excluding hydrogens is 358 g/mol. The smallest absolute Gasteiger partial charge is 0.225 e. The molecule has 3 rings (SSSR count). The van der Waals surface area contributed by atoms with Crippen molar-refractivity contribution >= 4 is 27.6 Å². The topological polar surface area (TPSA) is 55.4 Å². The van der Waals surface area contributed by atoms with Gasteiger partial charge in [-0.2, -0.15) is 0 Å². The fourth-order valence-corrected chi connectivity index (χ4v) is 4.10. The molecule has 122 valence electrons. The van der Waals surface area contributed by atoms with E-state index in [-0.39, 0.29) is 23.0 Å². The maximum atomic E-state index is 12.7. The molecule has 1 atom stereocenters. The van der Waals surface area contributed by atoms with Gasteiger partial charge >= 0.3 is 0 Å². The molecule has 1 aromatic rings. The van der Waals surface area contributed by atoms with Crippen LogP contribution in [0, 0.1) is 5.41 Å². The lowest BCUT2D eigenvalue weighted by molar-refractivity contribution is -0.122. The predicted octanol–water partition coefficient (Wildman–Crippen LogP) is 3.70. The Bertz CT molecular complexity index is 721. The summed E-state index contributed by atoms with van der Waals surface area (Å²) in [5.74, 6) is 0.684. The highest BCUT2D eigenvalue weighted by molar-refractivity contribution is 9.10. The van der Waals surface area contributed by atoms with E-state index in [1.165, 1.54) is 0 Å². The van der Waals surface area contributed by atoms with E-state index in [2.05, 4.69) is 35.1 Å². The first-order chi connectivity index (χ1) is 10.8. The number of rotatable bonds is 2. The number of carbonyl (C=O) groups excluding carboxylic acids is 2. The van der Waals surface area contributed by atoms with Gasteiger partial charge in [-0.05, 0) is 45.5 Å². The zero-order valence-electron chi connectivity index (χ0n) is 13.5. The van der Waals surface area contributed by atoms with Crippen LogP contribution in [0.1, 0.15) is 44.6 Å². The number of Topliss-reactive ketones (excluding diaryl/α,β-unsaturated/α-hetero) is 1. The second-order valence-corrected chi connectivity index (χ2v) is 7.89. The minimum atomic E-state index is -0.176. The van der Waals surface area contributed by atoms with E-state index in [9.17, 15) is 9.59 Å². The van der Waals surface area contributed by atoms with Gasteiger partial charge in [-0.15, -0.1) is 0 Å². The van der Waals surface area contributed by atoms with Gasteiger partial charge in [-0.3, -0.25) is 9.59 Å². The standard InChI is InChI=1S/C18H20BrNO3/c1-18(2)8-13-17(14(21)9-18)11(7-16(22)20-13)10-4-5-15(23-3)12(19)6-10/h4-6,11H,7-9H2,1-3H3,(H,20,22). The molecule has 0 saturated carbocycles. The molecule has 0 fully saturated rings. The maximum absolute atomic E-state index is 12.7. The van der Waals surface area contributed by atoms with Gasteiger partial charge in [0.2, 0.25) is 5.91 Å². The van der Waals surface area contributed by atoms with Gasteiger partial charge in [0.15, 0.2) is 5.78 Å². The van der Waals surface area contributed by atoms with E-state index < -0.39 is 0 Å². The van der Waals surface area contributed by atoms with Crippen molar-refractivity contribution in [3.05, 3.63) is 39.5 Å². The highest BCUT2D eigenvalue weighted by atomic mass is 79.9. The predicted molar refractivity (Wildman–Crippen MR) is 91.2 cm³/mol. The van der Waals surface area contributed by atoms with Gasteiger partial charge in [0.25, 0.3) is 0 Å². The molecule has 0 spiro atoms. The van der Waals surface area contributed by atoms with Gasteiger partial charge < -0.3 is 10.1 Å². The maximum Gasteiger partial charge on any atom is 0.225 e. The van der Waals surface area contributed by atoms with E-state index in [0.29, 0.717) is 12.8 Å². The number of methoxy groups -OCH3 is 1. The van der Waals surface area contributed by atoms with E-state index in [4.69, 9.17) is 4.74 Å². The third-order valence-electron chi connectivity index (χ3n) is 4.53. The van der Waals surface area contributed by atoms with Crippen molar-refractivity contribution in [3.8, 4) is 5.75 Å². The summed E-state index contributed by atoms with van der Waals surface area (Å²) in [6.45, 7) is 4.13. The number of allylic oxidation sites excluding steroid dienone is 2. The average molecular weight is 378 g/mol. The molecule has 0 aromatic heterocycles. The average Bonchev–Trinajstić information content (AvgIpc) is 2.44. The number of hydrogen-bond acceptors (Lipinski definition) is 3. The van der Waals surface area contributed by atoms with Crippen LogP contribution in [0.2, 0.25) is 0 Å². The first-order valence-corrected chi connectivity index (χ1v) is 8.49. The molecule has 0 saturated heterocycles. The zero-order valence-corrected chi connectivity index (χ0v) is 15.1. The summed E-state index contributed by atoms with van der Waals surface area (Å²) in [6.07, 6.45) is 1.56. The molecule has 1 unspecified atom stereocenters. The Labute approximate surface area is 144 Å². The molecule has 2 aliphatic rings. The van der Waals surface area contributed by atoms with Gasteiger partial charge in [0.1, 0.15) is 5.75 Å². The third-order valence-corrected chi connectivity index (χ3v) is 5.15. The first-order valence-electron chi connectivity index (χ1n) is 7.70. The number of ether oxygens (including phenoxy) is 1. The summed E-state index contributed by atoms with van der Waals surface area (Å²) < 4.78 is 6.09. The van der Waals surface area contributed by atoms with E-state index >= 15 is 0 Å². The molecule has 1 N–H and O–H groups in total. The lowest BCUT2D eigenvalue weighted by Gasteiger charge is -2.37. The third kappa shape index (κ3) is 3.07. The Kier molecular flexibility index (Phi) is 4.08. The van der Waals surface area contributed by atoms with E-state index in [0.717, 1.165) is 33.5 Å². The number of ketones is 1. The molecule has 1 aliphatic carbocycles. The van der Waals surface area contributed by atoms with E-state index in [1.807, 2.05) is 18.2 Å². The highest BCUT2D eigenvalue weighted by Gasteiger charge is 2.40. The molecule has 1 aromatic carbocycles. The molecule has 4 nitrogen and oxygen atoms in total. The lowest BCUT2D eigenvalue weighted by atomic mass is 9.70. The minimum Gasteiger partial charge on any atom is -0.496 e. The summed E-state index contributed by atoms with van der Waals surface area (Å²) in [5, 5.41) is 2.92. The Morgan fingerprint density at radius 3 is 2.65 bits per heavy atom. The second-order valence-electron chi connectivity index (χ2n) is 7.03. The van der Waals surface area contributed by atoms with Crippen LogP contribution < -0.4 is 10.1 Å². The molecule has 0 radical (unpaired) electrons. The Morgan fingerprint density at radius 1 is 1.26 bits per heavy atom. The zero-order chi connectivity index (χ0) is 16.8. The molecule has 1 amide bonds. The van der Waals surface area contributed by atoms with Gasteiger partial charge in [-0.1, -0.05) is 19.9 Å². The summed E-state index contributed by atoms with van der Waals surface area (Å²) in [6, 6.07) is 5.74. The van der Waals surface area contributed by atoms with Crippen LogP contribution in [0.4, 0.5) is 0 Å². The number of nitrogens with one attached hydrogen (secondary N) is 1. The Morgan fingerprint density at radius 2 is 2.00 bits per heavy atom. The molecular formula is C18H20BrNO3. The summed E-state index contributed by atoms with van der Waals surface area (Å²) in [7, 11) is 1.61. The number of amides is 1. The highest BCUT2D eigenvalue weighted by Crippen LogP contribution is 2.44. The van der Waals surface area contributed by atoms with Crippen molar-refractivity contribution in [2.75, 3.05) is 7.11 Å². The van der Waals surface area contributed by atoms with Crippen molar-refractivity contribution in [1.82, 2.24) is 5.32 Å². The quantitative estimate of drug-likeness (QED) is 0.854. The van der Waals surface area contributed by atoms with Crippen LogP contribution in [0.3, 0.4) is 0 Å². The van der Waals surface area contributed by atoms with Crippen LogP contribution >= 0.6 is 15.9 Å². The van der Waals surface area contributed by atoms with Crippen LogP contribution in [-0.4, -0.2) is 18.8 Å². The van der Waals surface area contributed by atoms with Crippen molar-refractivity contribution in [3.63, 3.8) is 0 Å². The Hall–Kier alpha value is -1.62.